The Labute approximate surface area is 94.8 Å². The number of rotatable bonds is 2. The Bertz CT molecular complexity index is 359. The Morgan fingerprint density at radius 3 is 3.12 bits per heavy atom. The van der Waals surface area contributed by atoms with Gasteiger partial charge in [-0.15, -0.1) is 0 Å². The van der Waals surface area contributed by atoms with E-state index in [9.17, 15) is 0 Å². The Balaban J connectivity index is 2.17. The SMILES string of the molecule is CC1CN(c2cccnc2N)CC(CO)O1. The molecule has 0 aliphatic carbocycles. The first-order valence-corrected chi connectivity index (χ1v) is 5.42. The summed E-state index contributed by atoms with van der Waals surface area (Å²) >= 11 is 0. The van der Waals surface area contributed by atoms with E-state index in [1.165, 1.54) is 0 Å². The van der Waals surface area contributed by atoms with E-state index in [0.717, 1.165) is 12.2 Å². The molecule has 5 nitrogen and oxygen atoms in total. The smallest absolute Gasteiger partial charge is 0.146 e. The lowest BCUT2D eigenvalue weighted by atomic mass is 10.2. The zero-order valence-electron chi connectivity index (χ0n) is 9.34. The minimum Gasteiger partial charge on any atom is -0.394 e. The third kappa shape index (κ3) is 2.25. The van der Waals surface area contributed by atoms with Gasteiger partial charge in [0.25, 0.3) is 0 Å². The van der Waals surface area contributed by atoms with E-state index >= 15 is 0 Å². The van der Waals surface area contributed by atoms with Crippen molar-refractivity contribution in [3.8, 4) is 0 Å². The average Bonchev–Trinajstić information content (AvgIpc) is 2.28. The Morgan fingerprint density at radius 1 is 1.62 bits per heavy atom. The first-order chi connectivity index (χ1) is 7.70. The van der Waals surface area contributed by atoms with E-state index in [2.05, 4.69) is 9.88 Å². The maximum Gasteiger partial charge on any atom is 0.146 e. The summed E-state index contributed by atoms with van der Waals surface area (Å²) in [6.45, 7) is 3.44. The molecule has 1 aromatic heterocycles. The van der Waals surface area contributed by atoms with Gasteiger partial charge in [-0.3, -0.25) is 0 Å². The fraction of sp³-hybridized carbons (Fsp3) is 0.545. The van der Waals surface area contributed by atoms with Gasteiger partial charge in [0.2, 0.25) is 0 Å². The van der Waals surface area contributed by atoms with Crippen LogP contribution in [0.15, 0.2) is 18.3 Å². The maximum atomic E-state index is 9.14. The second kappa shape index (κ2) is 4.67. The number of ether oxygens (including phenoxy) is 1. The highest BCUT2D eigenvalue weighted by Crippen LogP contribution is 2.24. The van der Waals surface area contributed by atoms with Crippen LogP contribution in [-0.2, 0) is 4.74 Å². The minimum absolute atomic E-state index is 0.0288. The molecule has 1 aliphatic heterocycles. The quantitative estimate of drug-likeness (QED) is 0.752. The van der Waals surface area contributed by atoms with Crippen molar-refractivity contribution in [2.75, 3.05) is 30.3 Å². The lowest BCUT2D eigenvalue weighted by Crippen LogP contribution is -2.48. The van der Waals surface area contributed by atoms with Crippen LogP contribution >= 0.6 is 0 Å². The molecule has 0 saturated carbocycles. The topological polar surface area (TPSA) is 71.6 Å². The standard InChI is InChI=1S/C11H17N3O2/c1-8-5-14(6-9(7-15)16-8)10-3-2-4-13-11(10)12/h2-4,8-9,15H,5-7H2,1H3,(H2,12,13). The van der Waals surface area contributed by atoms with Crippen LogP contribution in [0.2, 0.25) is 0 Å². The number of nitrogens with two attached hydrogens (primary N) is 1. The third-order valence-electron chi connectivity index (χ3n) is 2.69. The zero-order chi connectivity index (χ0) is 11.5. The van der Waals surface area contributed by atoms with Gasteiger partial charge in [-0.2, -0.15) is 0 Å². The van der Waals surface area contributed by atoms with Crippen molar-refractivity contribution in [2.24, 2.45) is 0 Å². The number of hydrogen-bond acceptors (Lipinski definition) is 5. The molecular formula is C11H17N3O2. The molecule has 5 heteroatoms. The highest BCUT2D eigenvalue weighted by Gasteiger charge is 2.25. The largest absolute Gasteiger partial charge is 0.394 e. The van der Waals surface area contributed by atoms with Gasteiger partial charge in [0.15, 0.2) is 0 Å². The molecule has 0 aromatic carbocycles. The number of nitrogen functional groups attached to an aromatic ring is 1. The molecule has 2 unspecified atom stereocenters. The van der Waals surface area contributed by atoms with E-state index in [4.69, 9.17) is 15.6 Å². The van der Waals surface area contributed by atoms with Gasteiger partial charge >= 0.3 is 0 Å². The number of aromatic nitrogens is 1. The van der Waals surface area contributed by atoms with Crippen LogP contribution in [0.1, 0.15) is 6.92 Å². The highest BCUT2D eigenvalue weighted by molar-refractivity contribution is 5.63. The molecule has 0 amide bonds. The van der Waals surface area contributed by atoms with Gasteiger partial charge in [-0.1, -0.05) is 0 Å². The first kappa shape index (κ1) is 11.2. The number of nitrogens with zero attached hydrogens (tertiary/aromatic N) is 2. The van der Waals surface area contributed by atoms with Crippen molar-refractivity contribution in [3.05, 3.63) is 18.3 Å². The second-order valence-corrected chi connectivity index (χ2v) is 4.06. The minimum atomic E-state index is -0.150. The lowest BCUT2D eigenvalue weighted by Gasteiger charge is -2.37. The molecule has 0 spiro atoms. The summed E-state index contributed by atoms with van der Waals surface area (Å²) in [4.78, 5) is 6.17. The fourth-order valence-corrected chi connectivity index (χ4v) is 2.02. The van der Waals surface area contributed by atoms with E-state index in [1.54, 1.807) is 6.20 Å². The number of aliphatic hydroxyl groups excluding tert-OH is 1. The Hall–Kier alpha value is -1.33. The van der Waals surface area contributed by atoms with Crippen LogP contribution in [0.3, 0.4) is 0 Å². The maximum absolute atomic E-state index is 9.14. The van der Waals surface area contributed by atoms with Gasteiger partial charge in [-0.25, -0.2) is 4.98 Å². The fourth-order valence-electron chi connectivity index (χ4n) is 2.02. The van der Waals surface area contributed by atoms with Crippen LogP contribution in [0, 0.1) is 0 Å². The summed E-state index contributed by atoms with van der Waals surface area (Å²) in [6.07, 6.45) is 1.61. The molecule has 3 N–H and O–H groups in total. The summed E-state index contributed by atoms with van der Waals surface area (Å²) in [5, 5.41) is 9.14. The van der Waals surface area contributed by atoms with Gasteiger partial charge in [0.1, 0.15) is 5.82 Å². The van der Waals surface area contributed by atoms with Gasteiger partial charge in [0, 0.05) is 19.3 Å². The van der Waals surface area contributed by atoms with Crippen molar-refractivity contribution in [3.63, 3.8) is 0 Å². The summed E-state index contributed by atoms with van der Waals surface area (Å²) in [6, 6.07) is 3.80. The number of hydrogen-bond donors (Lipinski definition) is 2. The van der Waals surface area contributed by atoms with Crippen LogP contribution < -0.4 is 10.6 Å². The van der Waals surface area contributed by atoms with Crippen LogP contribution in [0.5, 0.6) is 0 Å². The second-order valence-electron chi connectivity index (χ2n) is 4.06. The number of anilines is 2. The lowest BCUT2D eigenvalue weighted by molar-refractivity contribution is -0.0420. The average molecular weight is 223 g/mol. The van der Waals surface area contributed by atoms with E-state index < -0.39 is 0 Å². The van der Waals surface area contributed by atoms with Crippen LogP contribution in [0.4, 0.5) is 11.5 Å². The monoisotopic (exact) mass is 223 g/mol. The number of pyridine rings is 1. The van der Waals surface area contributed by atoms with Crippen molar-refractivity contribution < 1.29 is 9.84 Å². The van der Waals surface area contributed by atoms with Gasteiger partial charge < -0.3 is 20.5 Å². The summed E-state index contributed by atoms with van der Waals surface area (Å²) in [7, 11) is 0. The van der Waals surface area contributed by atoms with Crippen LogP contribution in [0.25, 0.3) is 0 Å². The molecule has 1 aliphatic rings. The third-order valence-corrected chi connectivity index (χ3v) is 2.69. The Morgan fingerprint density at radius 2 is 2.44 bits per heavy atom. The zero-order valence-corrected chi connectivity index (χ0v) is 9.34. The highest BCUT2D eigenvalue weighted by atomic mass is 16.5. The predicted molar refractivity (Wildman–Crippen MR) is 62.3 cm³/mol. The molecule has 2 heterocycles. The molecule has 0 radical (unpaired) electrons. The number of aliphatic hydroxyl groups is 1. The van der Waals surface area contributed by atoms with Crippen molar-refractivity contribution in [1.29, 1.82) is 0 Å². The predicted octanol–water partition coefficient (Wildman–Crippen LogP) is 0.250. The molecule has 88 valence electrons. The molecule has 2 rings (SSSR count). The van der Waals surface area contributed by atoms with Crippen molar-refractivity contribution in [2.45, 2.75) is 19.1 Å². The molecule has 2 atom stereocenters. The van der Waals surface area contributed by atoms with Crippen LogP contribution in [-0.4, -0.2) is 42.0 Å². The molecule has 1 saturated heterocycles. The first-order valence-electron chi connectivity index (χ1n) is 5.42. The Kier molecular flexibility index (Phi) is 3.26. The number of morpholine rings is 1. The summed E-state index contributed by atoms with van der Waals surface area (Å²) in [5.41, 5.74) is 6.74. The van der Waals surface area contributed by atoms with Crippen molar-refractivity contribution >= 4 is 11.5 Å². The molecule has 1 aromatic rings. The van der Waals surface area contributed by atoms with E-state index in [1.807, 2.05) is 19.1 Å². The summed E-state index contributed by atoms with van der Waals surface area (Å²) in [5.74, 6) is 0.522. The molecule has 16 heavy (non-hydrogen) atoms. The molecule has 1 fully saturated rings. The van der Waals surface area contributed by atoms with E-state index in [-0.39, 0.29) is 18.8 Å². The van der Waals surface area contributed by atoms with Gasteiger partial charge in [-0.05, 0) is 19.1 Å². The molecular weight excluding hydrogens is 206 g/mol. The van der Waals surface area contributed by atoms with E-state index in [0.29, 0.717) is 12.4 Å². The van der Waals surface area contributed by atoms with Crippen molar-refractivity contribution in [1.82, 2.24) is 4.98 Å². The summed E-state index contributed by atoms with van der Waals surface area (Å²) < 4.78 is 5.57. The molecule has 0 bridgehead atoms. The van der Waals surface area contributed by atoms with Gasteiger partial charge in [0.05, 0.1) is 24.5 Å². The normalized spacial score (nSPS) is 25.8.